The van der Waals surface area contributed by atoms with Gasteiger partial charge in [0.2, 0.25) is 0 Å². The molecule has 1 unspecified atom stereocenters. The molecule has 0 aliphatic rings. The zero-order chi connectivity index (χ0) is 11.7. The average Bonchev–Trinajstić information content (AvgIpc) is 2.21. The molecule has 0 radical (unpaired) electrons. The fourth-order valence-corrected chi connectivity index (χ4v) is 1.52. The maximum atomic E-state index is 10.3. The Morgan fingerprint density at radius 3 is 2.47 bits per heavy atom. The van der Waals surface area contributed by atoms with Crippen molar-refractivity contribution in [2.24, 2.45) is 5.92 Å². The van der Waals surface area contributed by atoms with Crippen LogP contribution >= 0.6 is 0 Å². The van der Waals surface area contributed by atoms with Crippen LogP contribution < -0.4 is 0 Å². The van der Waals surface area contributed by atoms with E-state index in [0.29, 0.717) is 5.92 Å². The number of hydrogen-bond acceptors (Lipinski definition) is 2. The summed E-state index contributed by atoms with van der Waals surface area (Å²) < 4.78 is 0. The molecular formula is C12H23NO2. The highest BCUT2D eigenvalue weighted by molar-refractivity contribution is 5.79. The Balaban J connectivity index is 3.62. The topological polar surface area (TPSA) is 40.5 Å². The third kappa shape index (κ3) is 8.18. The van der Waals surface area contributed by atoms with Crippen LogP contribution in [0.5, 0.6) is 0 Å². The highest BCUT2D eigenvalue weighted by Crippen LogP contribution is 2.07. The highest BCUT2D eigenvalue weighted by Gasteiger charge is 2.01. The largest absolute Gasteiger partial charge is 0.478 e. The Morgan fingerprint density at radius 2 is 2.00 bits per heavy atom. The zero-order valence-electron chi connectivity index (χ0n) is 10.1. The normalized spacial score (nSPS) is 13.6. The molecule has 3 nitrogen and oxygen atoms in total. The summed E-state index contributed by atoms with van der Waals surface area (Å²) in [6.45, 7) is 9.68. The number of carbonyl (C=O) groups is 1. The van der Waals surface area contributed by atoms with Gasteiger partial charge in [-0.05, 0) is 38.4 Å². The molecule has 0 amide bonds. The SMILES string of the molecule is CCN(CC)CCCC(C)C=CC(=O)O. The Bertz CT molecular complexity index is 198. The summed E-state index contributed by atoms with van der Waals surface area (Å²) in [6.07, 6.45) is 5.19. The van der Waals surface area contributed by atoms with Crippen LogP contribution in [0.4, 0.5) is 0 Å². The summed E-state index contributed by atoms with van der Waals surface area (Å²) in [7, 11) is 0. The monoisotopic (exact) mass is 213 g/mol. The quantitative estimate of drug-likeness (QED) is 0.629. The van der Waals surface area contributed by atoms with Crippen LogP contribution in [0.3, 0.4) is 0 Å². The molecular weight excluding hydrogens is 190 g/mol. The number of allylic oxidation sites excluding steroid dienone is 1. The van der Waals surface area contributed by atoms with E-state index in [1.165, 1.54) is 6.08 Å². The van der Waals surface area contributed by atoms with Crippen LogP contribution in [-0.2, 0) is 4.79 Å². The lowest BCUT2D eigenvalue weighted by Gasteiger charge is -2.18. The molecule has 0 rings (SSSR count). The third-order valence-electron chi connectivity index (χ3n) is 2.60. The van der Waals surface area contributed by atoms with Crippen molar-refractivity contribution in [3.63, 3.8) is 0 Å². The van der Waals surface area contributed by atoms with Gasteiger partial charge >= 0.3 is 5.97 Å². The van der Waals surface area contributed by atoms with Crippen molar-refractivity contribution in [1.82, 2.24) is 4.90 Å². The minimum absolute atomic E-state index is 0.358. The van der Waals surface area contributed by atoms with Gasteiger partial charge in [-0.3, -0.25) is 0 Å². The third-order valence-corrected chi connectivity index (χ3v) is 2.60. The van der Waals surface area contributed by atoms with E-state index in [1.54, 1.807) is 6.08 Å². The Morgan fingerprint density at radius 1 is 1.40 bits per heavy atom. The molecule has 0 aromatic rings. The lowest BCUT2D eigenvalue weighted by atomic mass is 10.0. The number of nitrogens with zero attached hydrogens (tertiary/aromatic N) is 1. The van der Waals surface area contributed by atoms with Crippen LogP contribution in [0.1, 0.15) is 33.6 Å². The molecule has 0 saturated carbocycles. The second-order valence-corrected chi connectivity index (χ2v) is 3.84. The van der Waals surface area contributed by atoms with E-state index in [-0.39, 0.29) is 0 Å². The molecule has 0 aliphatic carbocycles. The lowest BCUT2D eigenvalue weighted by molar-refractivity contribution is -0.131. The van der Waals surface area contributed by atoms with Gasteiger partial charge in [-0.2, -0.15) is 0 Å². The second kappa shape index (κ2) is 8.48. The molecule has 0 heterocycles. The Labute approximate surface area is 92.8 Å². The first-order valence-corrected chi connectivity index (χ1v) is 5.73. The predicted molar refractivity (Wildman–Crippen MR) is 63.0 cm³/mol. The average molecular weight is 213 g/mol. The van der Waals surface area contributed by atoms with Gasteiger partial charge in [0.25, 0.3) is 0 Å². The molecule has 3 heteroatoms. The van der Waals surface area contributed by atoms with Crippen molar-refractivity contribution >= 4 is 5.97 Å². The molecule has 1 atom stereocenters. The molecule has 88 valence electrons. The summed E-state index contributed by atoms with van der Waals surface area (Å²) in [5.74, 6) is -0.498. The number of rotatable bonds is 8. The maximum Gasteiger partial charge on any atom is 0.327 e. The molecule has 0 fully saturated rings. The van der Waals surface area contributed by atoms with E-state index in [9.17, 15) is 4.79 Å². The lowest BCUT2D eigenvalue weighted by Crippen LogP contribution is -2.24. The van der Waals surface area contributed by atoms with Crippen molar-refractivity contribution in [2.75, 3.05) is 19.6 Å². The minimum Gasteiger partial charge on any atom is -0.478 e. The van der Waals surface area contributed by atoms with Crippen LogP contribution in [-0.4, -0.2) is 35.6 Å². The molecule has 0 aromatic heterocycles. The van der Waals surface area contributed by atoms with Crippen molar-refractivity contribution in [3.05, 3.63) is 12.2 Å². The highest BCUT2D eigenvalue weighted by atomic mass is 16.4. The van der Waals surface area contributed by atoms with Gasteiger partial charge < -0.3 is 10.0 Å². The maximum absolute atomic E-state index is 10.3. The summed E-state index contributed by atoms with van der Waals surface area (Å²) >= 11 is 0. The van der Waals surface area contributed by atoms with Crippen LogP contribution in [0.15, 0.2) is 12.2 Å². The molecule has 0 bridgehead atoms. The van der Waals surface area contributed by atoms with Gasteiger partial charge in [-0.25, -0.2) is 4.79 Å². The molecule has 0 saturated heterocycles. The van der Waals surface area contributed by atoms with Crippen molar-refractivity contribution < 1.29 is 9.90 Å². The fourth-order valence-electron chi connectivity index (χ4n) is 1.52. The van der Waals surface area contributed by atoms with Gasteiger partial charge in [0.15, 0.2) is 0 Å². The zero-order valence-corrected chi connectivity index (χ0v) is 10.1. The fraction of sp³-hybridized carbons (Fsp3) is 0.750. The van der Waals surface area contributed by atoms with E-state index in [0.717, 1.165) is 32.5 Å². The minimum atomic E-state index is -0.856. The molecule has 0 aliphatic heterocycles. The van der Waals surface area contributed by atoms with Crippen molar-refractivity contribution in [2.45, 2.75) is 33.6 Å². The molecule has 15 heavy (non-hydrogen) atoms. The first-order chi connectivity index (χ1) is 7.10. The van der Waals surface area contributed by atoms with Crippen LogP contribution in [0.25, 0.3) is 0 Å². The van der Waals surface area contributed by atoms with E-state index < -0.39 is 5.97 Å². The number of carboxylic acid groups (broad SMARTS) is 1. The van der Waals surface area contributed by atoms with E-state index in [2.05, 4.69) is 25.7 Å². The predicted octanol–water partition coefficient (Wildman–Crippen LogP) is 2.39. The first kappa shape index (κ1) is 14.2. The van der Waals surface area contributed by atoms with Gasteiger partial charge in [-0.1, -0.05) is 26.8 Å². The van der Waals surface area contributed by atoms with Gasteiger partial charge in [0.05, 0.1) is 0 Å². The number of hydrogen-bond donors (Lipinski definition) is 1. The number of aliphatic carboxylic acids is 1. The summed E-state index contributed by atoms with van der Waals surface area (Å²) in [5, 5.41) is 8.46. The van der Waals surface area contributed by atoms with Crippen LogP contribution in [0.2, 0.25) is 0 Å². The second-order valence-electron chi connectivity index (χ2n) is 3.84. The smallest absolute Gasteiger partial charge is 0.327 e. The molecule has 0 spiro atoms. The molecule has 1 N–H and O–H groups in total. The van der Waals surface area contributed by atoms with Crippen LogP contribution in [0, 0.1) is 5.92 Å². The number of carboxylic acids is 1. The summed E-state index contributed by atoms with van der Waals surface area (Å²) in [5.41, 5.74) is 0. The summed E-state index contributed by atoms with van der Waals surface area (Å²) in [4.78, 5) is 12.7. The van der Waals surface area contributed by atoms with Crippen molar-refractivity contribution in [1.29, 1.82) is 0 Å². The van der Waals surface area contributed by atoms with E-state index >= 15 is 0 Å². The van der Waals surface area contributed by atoms with Gasteiger partial charge in [-0.15, -0.1) is 0 Å². The Kier molecular flexibility index (Phi) is 8.01. The summed E-state index contributed by atoms with van der Waals surface area (Å²) in [6, 6.07) is 0. The Hall–Kier alpha value is -0.830. The van der Waals surface area contributed by atoms with E-state index in [1.807, 2.05) is 0 Å². The van der Waals surface area contributed by atoms with Crippen molar-refractivity contribution in [3.8, 4) is 0 Å². The molecule has 0 aromatic carbocycles. The van der Waals surface area contributed by atoms with E-state index in [4.69, 9.17) is 5.11 Å². The standard InChI is InChI=1S/C12H23NO2/c1-4-13(5-2)10-6-7-11(3)8-9-12(14)15/h8-9,11H,4-7,10H2,1-3H3,(H,14,15). The first-order valence-electron chi connectivity index (χ1n) is 5.73. The van der Waals surface area contributed by atoms with Gasteiger partial charge in [0.1, 0.15) is 0 Å². The van der Waals surface area contributed by atoms with Gasteiger partial charge in [0, 0.05) is 6.08 Å².